The van der Waals surface area contributed by atoms with Crippen molar-refractivity contribution < 1.29 is 5.11 Å². The molecule has 264 valence electrons. The number of para-hydroxylation sites is 2. The van der Waals surface area contributed by atoms with Crippen molar-refractivity contribution in [3.63, 3.8) is 0 Å². The molecule has 0 heterocycles. The van der Waals surface area contributed by atoms with Crippen LogP contribution < -0.4 is 15.9 Å². The van der Waals surface area contributed by atoms with E-state index in [-0.39, 0.29) is 24.0 Å². The molecule has 4 aromatic rings. The Morgan fingerprint density at radius 2 is 0.980 bits per heavy atom. The molecular weight excluding hydrogens is 647 g/mol. The number of hydrogen-bond donors (Lipinski definition) is 1. The first-order valence-corrected chi connectivity index (χ1v) is 22.7. The van der Waals surface area contributed by atoms with E-state index < -0.39 is 15.3 Å². The van der Waals surface area contributed by atoms with Crippen molar-refractivity contribution >= 4 is 59.9 Å². The van der Waals surface area contributed by atoms with Gasteiger partial charge in [-0.2, -0.15) is 11.8 Å². The van der Waals surface area contributed by atoms with Crippen molar-refractivity contribution in [1.29, 1.82) is 0 Å². The van der Waals surface area contributed by atoms with E-state index >= 15 is 0 Å². The summed E-state index contributed by atoms with van der Waals surface area (Å²) in [6, 6.07) is 37.3. The van der Waals surface area contributed by atoms with Gasteiger partial charge in [-0.15, -0.1) is 11.4 Å². The summed E-state index contributed by atoms with van der Waals surface area (Å²) in [4.78, 5) is 0. The van der Waals surface area contributed by atoms with Gasteiger partial charge in [0.1, 0.15) is 0 Å². The van der Waals surface area contributed by atoms with Crippen LogP contribution in [0, 0.1) is 25.7 Å². The SMILES string of the molecule is CC(C)c1cccc(C(C)C)c1[N-]c1ccccc1P(=N[Si](C)(C)C)(c1ccccc1)c1ccccc1.CCO.[Al+3].[CH2-]C(C)C.[CH2-]C(C)C. The van der Waals surface area contributed by atoms with E-state index in [0.717, 1.165) is 11.4 Å². The molecule has 0 aliphatic heterocycles. The zero-order valence-electron chi connectivity index (χ0n) is 32.6. The topological polar surface area (TPSA) is 46.7 Å². The summed E-state index contributed by atoms with van der Waals surface area (Å²) < 4.78 is 5.86. The Kier molecular flexibility index (Phi) is 22.0. The van der Waals surface area contributed by atoms with Crippen molar-refractivity contribution in [2.75, 3.05) is 6.61 Å². The minimum atomic E-state index is -2.33. The van der Waals surface area contributed by atoms with Gasteiger partial charge >= 0.3 is 17.4 Å². The molecule has 0 bridgehead atoms. The van der Waals surface area contributed by atoms with Crippen LogP contribution in [-0.4, -0.2) is 37.3 Å². The van der Waals surface area contributed by atoms with Crippen LogP contribution in [0.3, 0.4) is 0 Å². The first-order chi connectivity index (χ1) is 22.5. The van der Waals surface area contributed by atoms with Gasteiger partial charge in [0.25, 0.3) is 0 Å². The average Bonchev–Trinajstić information content (AvgIpc) is 3.00. The molecule has 4 aromatic carbocycles. The Morgan fingerprint density at radius 3 is 1.33 bits per heavy atom. The summed E-state index contributed by atoms with van der Waals surface area (Å²) in [5.41, 5.74) is 4.74. The normalized spacial score (nSPS) is 11.0. The molecule has 49 heavy (non-hydrogen) atoms. The third-order valence-corrected chi connectivity index (χ3v) is 13.3. The maximum absolute atomic E-state index is 7.57. The molecule has 3 nitrogen and oxygen atoms in total. The smallest absolute Gasteiger partial charge is 0.657 e. The third kappa shape index (κ3) is 15.6. The van der Waals surface area contributed by atoms with E-state index in [0.29, 0.717) is 23.7 Å². The van der Waals surface area contributed by atoms with Gasteiger partial charge in [-0.05, 0) is 34.7 Å². The van der Waals surface area contributed by atoms with Gasteiger partial charge in [-0.1, -0.05) is 189 Å². The van der Waals surface area contributed by atoms with Crippen LogP contribution in [0.25, 0.3) is 5.32 Å². The summed E-state index contributed by atoms with van der Waals surface area (Å²) in [6.45, 7) is 33.5. The van der Waals surface area contributed by atoms with E-state index in [1.54, 1.807) is 6.92 Å². The van der Waals surface area contributed by atoms with E-state index in [9.17, 15) is 0 Å². The Bertz CT molecular complexity index is 1430. The number of rotatable bonds is 8. The number of aliphatic hydroxyl groups excluding tert-OH is 1. The summed E-state index contributed by atoms with van der Waals surface area (Å²) in [6.07, 6.45) is 0. The molecule has 0 amide bonds. The maximum Gasteiger partial charge on any atom is 3.00 e. The van der Waals surface area contributed by atoms with E-state index in [1.165, 1.54) is 27.0 Å². The van der Waals surface area contributed by atoms with Gasteiger partial charge in [0, 0.05) is 13.7 Å². The van der Waals surface area contributed by atoms with Crippen LogP contribution in [-0.2, 0) is 0 Å². The standard InChI is InChI=1S/C33H40N2PSi.2C4H9.C2H6O.Al/c1-25(2)29-21-16-22-30(26(3)4)33(29)34-31-23-14-15-24-32(31)36(35-37(5,6)7,27-17-10-8-11-18-27)28-19-12-9-13-20-28;2*1-4(2)3;1-2-3;/h8-26H,1-7H3;2*4H,1H2,2-3H3;3H,2H2,1H3;/q3*-1;;+3. The monoisotopic (exact) mass is 710 g/mol. The molecular formula is C43H64AlN2OPSi. The molecule has 0 fully saturated rings. The van der Waals surface area contributed by atoms with E-state index in [4.69, 9.17) is 14.8 Å². The van der Waals surface area contributed by atoms with Crippen molar-refractivity contribution in [1.82, 2.24) is 0 Å². The Labute approximate surface area is 313 Å². The number of aliphatic hydroxyl groups is 1. The number of nitrogens with zero attached hydrogens (tertiary/aromatic N) is 2. The number of benzene rings is 4. The van der Waals surface area contributed by atoms with Crippen LogP contribution >= 0.6 is 7.05 Å². The molecule has 6 heteroatoms. The van der Waals surface area contributed by atoms with Crippen LogP contribution in [0.2, 0.25) is 19.6 Å². The maximum atomic E-state index is 7.57. The molecule has 0 atom stereocenters. The van der Waals surface area contributed by atoms with E-state index in [2.05, 4.69) is 192 Å². The Balaban J connectivity index is 0.00000168. The van der Waals surface area contributed by atoms with Crippen LogP contribution in [0.15, 0.2) is 108 Å². The molecule has 0 radical (unpaired) electrons. The Hall–Kier alpha value is -2.38. The first-order valence-electron chi connectivity index (χ1n) is 17.5. The number of hydrogen-bond acceptors (Lipinski definition) is 2. The fourth-order valence-corrected chi connectivity index (χ4v) is 12.7. The fraction of sp³-hybridized carbons (Fsp3) is 0.395. The molecule has 0 aromatic heterocycles. The zero-order chi connectivity index (χ0) is 36.5. The predicted molar refractivity (Wildman–Crippen MR) is 227 cm³/mol. The summed E-state index contributed by atoms with van der Waals surface area (Å²) in [5.74, 6) is 1.94. The minimum absolute atomic E-state index is 0. The molecule has 0 spiro atoms. The molecule has 0 saturated heterocycles. The summed E-state index contributed by atoms with van der Waals surface area (Å²) in [5, 5.41) is 16.9. The van der Waals surface area contributed by atoms with Crippen LogP contribution in [0.5, 0.6) is 0 Å². The molecule has 0 aliphatic carbocycles. The molecule has 0 unspecified atom stereocenters. The second-order valence-corrected chi connectivity index (χ2v) is 22.3. The second kappa shape index (κ2) is 23.2. The van der Waals surface area contributed by atoms with Crippen LogP contribution in [0.1, 0.15) is 85.3 Å². The van der Waals surface area contributed by atoms with Crippen molar-refractivity contribution in [3.8, 4) is 0 Å². The second-order valence-electron chi connectivity index (χ2n) is 14.4. The van der Waals surface area contributed by atoms with E-state index in [1.807, 2.05) is 0 Å². The summed E-state index contributed by atoms with van der Waals surface area (Å²) >= 11 is 0. The van der Waals surface area contributed by atoms with Gasteiger partial charge < -0.3 is 28.7 Å². The van der Waals surface area contributed by atoms with Gasteiger partial charge in [-0.3, -0.25) is 0 Å². The molecule has 0 saturated carbocycles. The van der Waals surface area contributed by atoms with Gasteiger partial charge in [0.2, 0.25) is 0 Å². The van der Waals surface area contributed by atoms with Gasteiger partial charge in [0.05, 0.1) is 0 Å². The molecule has 1 N–H and O–H groups in total. The summed E-state index contributed by atoms with van der Waals surface area (Å²) in [7, 11) is -4.21. The van der Waals surface area contributed by atoms with Crippen molar-refractivity contribution in [2.45, 2.75) is 93.8 Å². The van der Waals surface area contributed by atoms with Gasteiger partial charge in [-0.25, -0.2) is 0 Å². The van der Waals surface area contributed by atoms with Crippen LogP contribution in [0.4, 0.5) is 11.4 Å². The average molecular weight is 711 g/mol. The predicted octanol–water partition coefficient (Wildman–Crippen LogP) is 12.2. The molecule has 0 aliphatic rings. The quantitative estimate of drug-likeness (QED) is 0.110. The minimum Gasteiger partial charge on any atom is -0.657 e. The fourth-order valence-electron chi connectivity index (χ4n) is 4.93. The van der Waals surface area contributed by atoms with Crippen molar-refractivity contribution in [3.05, 3.63) is 133 Å². The third-order valence-electron chi connectivity index (χ3n) is 6.51. The molecule has 4 rings (SSSR count). The zero-order valence-corrected chi connectivity index (χ0v) is 35.7. The largest absolute Gasteiger partial charge is 3.00 e. The first kappa shape index (κ1) is 46.6. The Morgan fingerprint density at radius 1 is 0.633 bits per heavy atom. The van der Waals surface area contributed by atoms with Crippen molar-refractivity contribution in [2.24, 2.45) is 16.2 Å². The van der Waals surface area contributed by atoms with Gasteiger partial charge in [0.15, 0.2) is 8.24 Å².